The predicted octanol–water partition coefficient (Wildman–Crippen LogP) is 4.25. The maximum atomic E-state index is 5.21. The van der Waals surface area contributed by atoms with Gasteiger partial charge in [-0.3, -0.25) is 0 Å². The van der Waals surface area contributed by atoms with Gasteiger partial charge >= 0.3 is 0 Å². The Hall–Kier alpha value is -1.77. The van der Waals surface area contributed by atoms with Crippen molar-refractivity contribution in [2.45, 2.75) is 33.1 Å². The molecule has 0 fully saturated rings. The Labute approximate surface area is 108 Å². The lowest BCUT2D eigenvalue weighted by atomic mass is 10.1. The standard InChI is InChI=1S/C15H20N2O/c1-3-4-5-10-16-14-8-6-13(7-9-14)15-11-18-12(2)17-15/h6-9,11,16H,3-5,10H2,1-2H3. The molecule has 0 bridgehead atoms. The first-order chi connectivity index (χ1) is 8.79. The molecule has 0 radical (unpaired) electrons. The molecule has 1 N–H and O–H groups in total. The highest BCUT2D eigenvalue weighted by Crippen LogP contribution is 2.20. The van der Waals surface area contributed by atoms with Crippen molar-refractivity contribution in [3.63, 3.8) is 0 Å². The first-order valence-corrected chi connectivity index (χ1v) is 6.56. The molecular weight excluding hydrogens is 224 g/mol. The van der Waals surface area contributed by atoms with Gasteiger partial charge in [-0.15, -0.1) is 0 Å². The Morgan fingerprint density at radius 3 is 2.56 bits per heavy atom. The predicted molar refractivity (Wildman–Crippen MR) is 74.7 cm³/mol. The minimum Gasteiger partial charge on any atom is -0.449 e. The van der Waals surface area contributed by atoms with Gasteiger partial charge in [-0.05, 0) is 18.6 Å². The number of aryl methyl sites for hydroxylation is 1. The van der Waals surface area contributed by atoms with E-state index in [1.165, 1.54) is 19.3 Å². The van der Waals surface area contributed by atoms with Crippen molar-refractivity contribution in [1.82, 2.24) is 4.98 Å². The van der Waals surface area contributed by atoms with E-state index in [1.807, 2.05) is 6.92 Å². The number of rotatable bonds is 6. The summed E-state index contributed by atoms with van der Waals surface area (Å²) in [6.07, 6.45) is 5.45. The number of nitrogens with one attached hydrogen (secondary N) is 1. The van der Waals surface area contributed by atoms with Crippen LogP contribution in [0.15, 0.2) is 34.9 Å². The number of hydrogen-bond acceptors (Lipinski definition) is 3. The highest BCUT2D eigenvalue weighted by Gasteiger charge is 2.02. The molecule has 96 valence electrons. The van der Waals surface area contributed by atoms with Gasteiger partial charge in [0.1, 0.15) is 12.0 Å². The Morgan fingerprint density at radius 1 is 1.17 bits per heavy atom. The van der Waals surface area contributed by atoms with Gasteiger partial charge in [0.05, 0.1) is 0 Å². The molecule has 1 heterocycles. The smallest absolute Gasteiger partial charge is 0.191 e. The van der Waals surface area contributed by atoms with E-state index in [0.717, 1.165) is 23.5 Å². The van der Waals surface area contributed by atoms with Crippen LogP contribution < -0.4 is 5.32 Å². The average Bonchev–Trinajstić information content (AvgIpc) is 2.82. The van der Waals surface area contributed by atoms with Crippen molar-refractivity contribution in [2.24, 2.45) is 0 Å². The number of oxazole rings is 1. The molecule has 2 rings (SSSR count). The Kier molecular flexibility index (Phi) is 4.40. The van der Waals surface area contributed by atoms with Crippen LogP contribution in [0.2, 0.25) is 0 Å². The van der Waals surface area contributed by atoms with Crippen LogP contribution in [0.3, 0.4) is 0 Å². The normalized spacial score (nSPS) is 10.6. The third-order valence-corrected chi connectivity index (χ3v) is 2.91. The van der Waals surface area contributed by atoms with Gasteiger partial charge in [-0.25, -0.2) is 4.98 Å². The van der Waals surface area contributed by atoms with E-state index in [1.54, 1.807) is 6.26 Å². The lowest BCUT2D eigenvalue weighted by molar-refractivity contribution is 0.521. The number of hydrogen-bond donors (Lipinski definition) is 1. The van der Waals surface area contributed by atoms with Gasteiger partial charge in [-0.2, -0.15) is 0 Å². The second-order valence-electron chi connectivity index (χ2n) is 4.46. The summed E-state index contributed by atoms with van der Waals surface area (Å²) in [6, 6.07) is 8.31. The van der Waals surface area contributed by atoms with Crippen LogP contribution in [-0.4, -0.2) is 11.5 Å². The van der Waals surface area contributed by atoms with Gasteiger partial charge in [0.15, 0.2) is 5.89 Å². The van der Waals surface area contributed by atoms with E-state index in [9.17, 15) is 0 Å². The zero-order valence-electron chi connectivity index (χ0n) is 11.1. The third-order valence-electron chi connectivity index (χ3n) is 2.91. The Morgan fingerprint density at radius 2 is 1.94 bits per heavy atom. The van der Waals surface area contributed by atoms with Crippen molar-refractivity contribution in [3.8, 4) is 11.3 Å². The zero-order chi connectivity index (χ0) is 12.8. The van der Waals surface area contributed by atoms with E-state index in [2.05, 4.69) is 41.5 Å². The van der Waals surface area contributed by atoms with Gasteiger partial charge in [-0.1, -0.05) is 31.9 Å². The molecular formula is C15H20N2O. The molecule has 0 saturated heterocycles. The van der Waals surface area contributed by atoms with Crippen LogP contribution in [0.1, 0.15) is 32.1 Å². The molecule has 0 unspecified atom stereocenters. The first kappa shape index (κ1) is 12.7. The summed E-state index contributed by atoms with van der Waals surface area (Å²) >= 11 is 0. The molecule has 3 heteroatoms. The summed E-state index contributed by atoms with van der Waals surface area (Å²) in [7, 11) is 0. The molecule has 1 aromatic heterocycles. The minimum absolute atomic E-state index is 0.701. The SMILES string of the molecule is CCCCCNc1ccc(-c2coc(C)n2)cc1. The van der Waals surface area contributed by atoms with E-state index in [-0.39, 0.29) is 0 Å². The molecule has 0 aliphatic carbocycles. The monoisotopic (exact) mass is 244 g/mol. The number of benzene rings is 1. The third kappa shape index (κ3) is 3.36. The lowest BCUT2D eigenvalue weighted by Gasteiger charge is -2.06. The van der Waals surface area contributed by atoms with Crippen molar-refractivity contribution >= 4 is 5.69 Å². The summed E-state index contributed by atoms with van der Waals surface area (Å²) < 4.78 is 5.21. The minimum atomic E-state index is 0.701. The maximum absolute atomic E-state index is 5.21. The van der Waals surface area contributed by atoms with Crippen molar-refractivity contribution < 1.29 is 4.42 Å². The molecule has 0 amide bonds. The fraction of sp³-hybridized carbons (Fsp3) is 0.400. The van der Waals surface area contributed by atoms with Crippen LogP contribution in [0, 0.1) is 6.92 Å². The summed E-state index contributed by atoms with van der Waals surface area (Å²) in [5.41, 5.74) is 3.14. The number of aromatic nitrogens is 1. The van der Waals surface area contributed by atoms with Crippen LogP contribution in [0.4, 0.5) is 5.69 Å². The highest BCUT2D eigenvalue weighted by molar-refractivity contribution is 5.61. The summed E-state index contributed by atoms with van der Waals surface area (Å²) in [6.45, 7) is 5.11. The van der Waals surface area contributed by atoms with E-state index >= 15 is 0 Å². The van der Waals surface area contributed by atoms with Gasteiger partial charge in [0.25, 0.3) is 0 Å². The molecule has 18 heavy (non-hydrogen) atoms. The average molecular weight is 244 g/mol. The molecule has 0 aliphatic heterocycles. The lowest BCUT2D eigenvalue weighted by Crippen LogP contribution is -2.00. The Bertz CT molecular complexity index is 473. The van der Waals surface area contributed by atoms with Crippen LogP contribution in [-0.2, 0) is 0 Å². The van der Waals surface area contributed by atoms with E-state index < -0.39 is 0 Å². The largest absolute Gasteiger partial charge is 0.449 e. The molecule has 0 aliphatic rings. The first-order valence-electron chi connectivity index (χ1n) is 6.56. The van der Waals surface area contributed by atoms with Crippen molar-refractivity contribution in [1.29, 1.82) is 0 Å². The zero-order valence-corrected chi connectivity index (χ0v) is 11.1. The molecule has 3 nitrogen and oxygen atoms in total. The molecule has 0 spiro atoms. The Balaban J connectivity index is 1.93. The van der Waals surface area contributed by atoms with Crippen LogP contribution in [0.25, 0.3) is 11.3 Å². The molecule has 1 aromatic carbocycles. The van der Waals surface area contributed by atoms with Crippen LogP contribution in [0.5, 0.6) is 0 Å². The molecule has 2 aromatic rings. The fourth-order valence-electron chi connectivity index (χ4n) is 1.86. The summed E-state index contributed by atoms with van der Waals surface area (Å²) in [5, 5.41) is 3.42. The fourth-order valence-corrected chi connectivity index (χ4v) is 1.86. The maximum Gasteiger partial charge on any atom is 0.191 e. The van der Waals surface area contributed by atoms with Crippen molar-refractivity contribution in [2.75, 3.05) is 11.9 Å². The van der Waals surface area contributed by atoms with Gasteiger partial charge in [0.2, 0.25) is 0 Å². The topological polar surface area (TPSA) is 38.1 Å². The summed E-state index contributed by atoms with van der Waals surface area (Å²) in [4.78, 5) is 4.31. The van der Waals surface area contributed by atoms with E-state index in [4.69, 9.17) is 4.42 Å². The van der Waals surface area contributed by atoms with Crippen molar-refractivity contribution in [3.05, 3.63) is 36.4 Å². The van der Waals surface area contributed by atoms with Gasteiger partial charge in [0, 0.05) is 24.7 Å². The van der Waals surface area contributed by atoms with Gasteiger partial charge < -0.3 is 9.73 Å². The number of anilines is 1. The molecule has 0 atom stereocenters. The highest BCUT2D eigenvalue weighted by atomic mass is 16.3. The van der Waals surface area contributed by atoms with Crippen LogP contribution >= 0.6 is 0 Å². The number of unbranched alkanes of at least 4 members (excludes halogenated alkanes) is 2. The molecule has 0 saturated carbocycles. The number of nitrogens with zero attached hydrogens (tertiary/aromatic N) is 1. The second-order valence-corrected chi connectivity index (χ2v) is 4.46. The summed E-state index contributed by atoms with van der Waals surface area (Å²) in [5.74, 6) is 0.701. The quantitative estimate of drug-likeness (QED) is 0.772. The van der Waals surface area contributed by atoms with E-state index in [0.29, 0.717) is 5.89 Å². The second kappa shape index (κ2) is 6.24.